The fraction of sp³-hybridized carbons (Fsp3) is 0.857. The number of hydrogen-bond donors (Lipinski definition) is 1. The molecule has 6 heteroatoms. The minimum Gasteiger partial charge on any atom is -0.385 e. The summed E-state index contributed by atoms with van der Waals surface area (Å²) < 4.78 is 16.1. The highest BCUT2D eigenvalue weighted by atomic mass is 16.5. The molecule has 0 saturated heterocycles. The lowest BCUT2D eigenvalue weighted by atomic mass is 9.84. The van der Waals surface area contributed by atoms with Gasteiger partial charge < -0.3 is 19.7 Å². The number of hydrogen-bond acceptors (Lipinski definition) is 6. The van der Waals surface area contributed by atoms with Crippen molar-refractivity contribution >= 4 is 0 Å². The van der Waals surface area contributed by atoms with Crippen LogP contribution in [0.25, 0.3) is 0 Å². The van der Waals surface area contributed by atoms with Gasteiger partial charge in [-0.05, 0) is 25.7 Å². The van der Waals surface area contributed by atoms with Crippen LogP contribution in [0.4, 0.5) is 0 Å². The Hall–Kier alpha value is -0.980. The van der Waals surface area contributed by atoms with Gasteiger partial charge in [0.2, 0.25) is 11.7 Å². The van der Waals surface area contributed by atoms with Gasteiger partial charge in [0.15, 0.2) is 0 Å². The molecule has 1 aromatic rings. The van der Waals surface area contributed by atoms with Gasteiger partial charge in [-0.2, -0.15) is 4.98 Å². The highest BCUT2D eigenvalue weighted by molar-refractivity contribution is 5.04. The topological polar surface area (TPSA) is 83.4 Å². The van der Waals surface area contributed by atoms with E-state index < -0.39 is 0 Å². The molecule has 1 fully saturated rings. The molecule has 1 atom stereocenters. The van der Waals surface area contributed by atoms with Gasteiger partial charge in [0, 0.05) is 20.8 Å². The van der Waals surface area contributed by atoms with E-state index in [1.807, 2.05) is 0 Å². The van der Waals surface area contributed by atoms with Crippen molar-refractivity contribution in [2.75, 3.05) is 20.8 Å². The molecule has 0 spiro atoms. The van der Waals surface area contributed by atoms with Gasteiger partial charge in [-0.25, -0.2) is 0 Å². The summed E-state index contributed by atoms with van der Waals surface area (Å²) in [6.07, 6.45) is 7.06. The summed E-state index contributed by atoms with van der Waals surface area (Å²) in [6.45, 7) is 0.691. The number of rotatable bonds is 7. The smallest absolute Gasteiger partial charge is 0.243 e. The highest BCUT2D eigenvalue weighted by Gasteiger charge is 2.38. The summed E-state index contributed by atoms with van der Waals surface area (Å²) in [5.74, 6) is 1.15. The SMILES string of the molecule is COCCCC(N)c1nc(C2(OC)CCCCC2)no1. The largest absolute Gasteiger partial charge is 0.385 e. The molecular weight excluding hydrogens is 258 g/mol. The lowest BCUT2D eigenvalue weighted by Gasteiger charge is -2.32. The third-order valence-corrected chi connectivity index (χ3v) is 4.08. The van der Waals surface area contributed by atoms with E-state index >= 15 is 0 Å². The van der Waals surface area contributed by atoms with Gasteiger partial charge in [0.1, 0.15) is 5.60 Å². The lowest BCUT2D eigenvalue weighted by molar-refractivity contribution is -0.0527. The molecule has 0 amide bonds. The van der Waals surface area contributed by atoms with E-state index in [1.165, 1.54) is 6.42 Å². The molecule has 0 aromatic carbocycles. The second kappa shape index (κ2) is 7.15. The maximum Gasteiger partial charge on any atom is 0.243 e. The summed E-state index contributed by atoms with van der Waals surface area (Å²) in [6, 6.07) is -0.233. The second-order valence-corrected chi connectivity index (χ2v) is 5.46. The molecule has 6 nitrogen and oxygen atoms in total. The monoisotopic (exact) mass is 283 g/mol. The molecule has 1 unspecified atom stereocenters. The molecule has 0 bridgehead atoms. The molecule has 1 aromatic heterocycles. The molecule has 2 N–H and O–H groups in total. The van der Waals surface area contributed by atoms with E-state index in [0.717, 1.165) is 38.5 Å². The number of nitrogens with two attached hydrogens (primary N) is 1. The Kier molecular flexibility index (Phi) is 5.51. The Morgan fingerprint density at radius 2 is 2.05 bits per heavy atom. The predicted molar refractivity (Wildman–Crippen MR) is 74.1 cm³/mol. The van der Waals surface area contributed by atoms with Crippen LogP contribution in [-0.2, 0) is 15.1 Å². The number of aromatic nitrogens is 2. The van der Waals surface area contributed by atoms with Crippen molar-refractivity contribution in [2.24, 2.45) is 5.73 Å². The van der Waals surface area contributed by atoms with Crippen molar-refractivity contribution in [1.82, 2.24) is 10.1 Å². The summed E-state index contributed by atoms with van der Waals surface area (Å²) in [5.41, 5.74) is 5.69. The first-order valence-corrected chi connectivity index (χ1v) is 7.35. The van der Waals surface area contributed by atoms with Crippen molar-refractivity contribution in [3.63, 3.8) is 0 Å². The third-order valence-electron chi connectivity index (χ3n) is 4.08. The van der Waals surface area contributed by atoms with E-state index in [-0.39, 0.29) is 11.6 Å². The van der Waals surface area contributed by atoms with Crippen LogP contribution in [0.5, 0.6) is 0 Å². The van der Waals surface area contributed by atoms with Crippen LogP contribution in [0.1, 0.15) is 62.7 Å². The van der Waals surface area contributed by atoms with Crippen LogP contribution in [0.2, 0.25) is 0 Å². The number of methoxy groups -OCH3 is 2. The summed E-state index contributed by atoms with van der Waals surface area (Å²) >= 11 is 0. The van der Waals surface area contributed by atoms with Gasteiger partial charge in [-0.3, -0.25) is 0 Å². The van der Waals surface area contributed by atoms with Crippen molar-refractivity contribution in [1.29, 1.82) is 0 Å². The maximum absolute atomic E-state index is 6.07. The van der Waals surface area contributed by atoms with E-state index in [2.05, 4.69) is 10.1 Å². The number of ether oxygens (including phenoxy) is 2. The second-order valence-electron chi connectivity index (χ2n) is 5.46. The molecule has 1 heterocycles. The molecular formula is C14H25N3O3. The normalized spacial score (nSPS) is 19.9. The predicted octanol–water partition coefficient (Wildman–Crippen LogP) is 2.30. The maximum atomic E-state index is 6.07. The van der Waals surface area contributed by atoms with Gasteiger partial charge in [0.05, 0.1) is 6.04 Å². The van der Waals surface area contributed by atoms with Crippen LogP contribution >= 0.6 is 0 Å². The first kappa shape index (κ1) is 15.4. The van der Waals surface area contributed by atoms with Crippen LogP contribution in [0.3, 0.4) is 0 Å². The van der Waals surface area contributed by atoms with E-state index in [1.54, 1.807) is 14.2 Å². The van der Waals surface area contributed by atoms with Gasteiger partial charge in [-0.15, -0.1) is 0 Å². The van der Waals surface area contributed by atoms with Crippen molar-refractivity contribution in [3.8, 4) is 0 Å². The van der Waals surface area contributed by atoms with Gasteiger partial charge >= 0.3 is 0 Å². The molecule has 0 radical (unpaired) electrons. The Bertz CT molecular complexity index is 402. The van der Waals surface area contributed by atoms with E-state index in [0.29, 0.717) is 18.3 Å². The minimum absolute atomic E-state index is 0.233. The third kappa shape index (κ3) is 3.37. The molecule has 0 aliphatic heterocycles. The van der Waals surface area contributed by atoms with Crippen LogP contribution < -0.4 is 5.73 Å². The molecule has 114 valence electrons. The van der Waals surface area contributed by atoms with E-state index in [9.17, 15) is 0 Å². The first-order valence-electron chi connectivity index (χ1n) is 7.35. The highest BCUT2D eigenvalue weighted by Crippen LogP contribution is 2.38. The van der Waals surface area contributed by atoms with Crippen LogP contribution in [0, 0.1) is 0 Å². The summed E-state index contributed by atoms with van der Waals surface area (Å²) in [7, 11) is 3.40. The van der Waals surface area contributed by atoms with Gasteiger partial charge in [0.25, 0.3) is 0 Å². The van der Waals surface area contributed by atoms with Crippen LogP contribution in [0.15, 0.2) is 4.52 Å². The Balaban J connectivity index is 2.03. The fourth-order valence-corrected chi connectivity index (χ4v) is 2.78. The Morgan fingerprint density at radius 3 is 2.70 bits per heavy atom. The molecule has 1 aliphatic carbocycles. The van der Waals surface area contributed by atoms with E-state index in [4.69, 9.17) is 19.7 Å². The molecule has 1 saturated carbocycles. The number of nitrogens with zero attached hydrogens (tertiary/aromatic N) is 2. The average molecular weight is 283 g/mol. The Morgan fingerprint density at radius 1 is 1.30 bits per heavy atom. The van der Waals surface area contributed by atoms with Crippen molar-refractivity contribution in [3.05, 3.63) is 11.7 Å². The standard InChI is InChI=1S/C14H25N3O3/c1-18-10-6-7-11(15)12-16-13(17-20-12)14(19-2)8-4-3-5-9-14/h11H,3-10,15H2,1-2H3. The Labute approximate surface area is 120 Å². The zero-order chi connectivity index (χ0) is 14.4. The van der Waals surface area contributed by atoms with Crippen LogP contribution in [-0.4, -0.2) is 31.0 Å². The quantitative estimate of drug-likeness (QED) is 0.773. The average Bonchev–Trinajstić information content (AvgIpc) is 2.98. The summed E-state index contributed by atoms with van der Waals surface area (Å²) in [4.78, 5) is 4.49. The molecule has 20 heavy (non-hydrogen) atoms. The lowest BCUT2D eigenvalue weighted by Crippen LogP contribution is -2.32. The van der Waals surface area contributed by atoms with Crippen molar-refractivity contribution in [2.45, 2.75) is 56.6 Å². The minimum atomic E-state index is -0.383. The fourth-order valence-electron chi connectivity index (χ4n) is 2.78. The molecule has 1 aliphatic rings. The molecule has 2 rings (SSSR count). The van der Waals surface area contributed by atoms with Gasteiger partial charge in [-0.1, -0.05) is 24.4 Å². The summed E-state index contributed by atoms with van der Waals surface area (Å²) in [5, 5.41) is 4.11. The zero-order valence-corrected chi connectivity index (χ0v) is 12.4. The van der Waals surface area contributed by atoms with Crippen molar-refractivity contribution < 1.29 is 14.0 Å². The first-order chi connectivity index (χ1) is 9.72. The zero-order valence-electron chi connectivity index (χ0n) is 12.4.